The number of carbonyl (C=O) groups is 2. The fourth-order valence-corrected chi connectivity index (χ4v) is 1.03. The van der Waals surface area contributed by atoms with Crippen LogP contribution in [0, 0.1) is 0 Å². The van der Waals surface area contributed by atoms with Crippen LogP contribution in [0.15, 0.2) is 0 Å². The van der Waals surface area contributed by atoms with Crippen LogP contribution >= 0.6 is 7.80 Å². The Labute approximate surface area is 117 Å². The van der Waals surface area contributed by atoms with Gasteiger partial charge in [-0.3, -0.25) is 4.79 Å². The number of methoxy groups -OCH3 is 1. The number of hydrogen-bond donors (Lipinski definition) is 1. The Balaban J connectivity index is -0.000000605. The summed E-state index contributed by atoms with van der Waals surface area (Å²) in [5.74, 6) is -0.523. The second-order valence-electron chi connectivity index (χ2n) is 1.99. The largest absolute Gasteiger partial charge is 0.469 e. The first-order valence-corrected chi connectivity index (χ1v) is 4.71. The van der Waals surface area contributed by atoms with Crippen molar-refractivity contribution in [3.63, 3.8) is 0 Å². The zero-order valence-corrected chi connectivity index (χ0v) is 11.5. The number of aliphatic hydroxyl groups excluding tert-OH is 1. The maximum absolute atomic E-state index is 10.7. The van der Waals surface area contributed by atoms with Gasteiger partial charge in [-0.25, -0.2) is 4.79 Å². The minimum absolute atomic E-state index is 0. The summed E-state index contributed by atoms with van der Waals surface area (Å²) in [6.45, 7) is 0. The van der Waals surface area contributed by atoms with Crippen LogP contribution < -0.4 is 0 Å². The van der Waals surface area contributed by atoms with Gasteiger partial charge in [-0.1, -0.05) is 4.57 Å². The van der Waals surface area contributed by atoms with Crippen LogP contribution in [-0.4, -0.2) is 78.5 Å². The van der Waals surface area contributed by atoms with E-state index in [0.29, 0.717) is 0 Å². The van der Waals surface area contributed by atoms with E-state index in [1.165, 1.54) is 7.11 Å². The average Bonchev–Trinajstić information content (AvgIpc) is 2.11. The zero-order valence-electron chi connectivity index (χ0n) is 8.65. The van der Waals surface area contributed by atoms with Gasteiger partial charge in [0, 0.05) is 48.4 Å². The van der Waals surface area contributed by atoms with E-state index in [-0.39, 0.29) is 61.3 Å². The summed E-state index contributed by atoms with van der Waals surface area (Å²) >= 11 is 0. The molecule has 14 heavy (non-hydrogen) atoms. The Kier molecular flexibility index (Phi) is 17.2. The molecule has 0 saturated carbocycles. The number of carbonyl (C=O) groups excluding carboxylic acids is 2. The number of ether oxygens (including phenoxy) is 1. The van der Waals surface area contributed by atoms with Crippen LogP contribution in [0.3, 0.4) is 0 Å². The number of rotatable bonds is 5. The molecule has 0 bridgehead atoms. The van der Waals surface area contributed by atoms with Crippen LogP contribution in [0.5, 0.6) is 0 Å². The topological polar surface area (TPSA) is 80.7 Å². The van der Waals surface area contributed by atoms with E-state index >= 15 is 0 Å². The molecule has 0 aromatic carbocycles. The molecule has 70 valence electrons. The predicted octanol–water partition coefficient (Wildman–Crippen LogP) is -0.518. The molecule has 0 fully saturated rings. The third-order valence-corrected chi connectivity index (χ3v) is 2.21. The van der Waals surface area contributed by atoms with E-state index in [2.05, 4.69) is 4.74 Å². The molecule has 8 heteroatoms. The van der Waals surface area contributed by atoms with Crippen molar-refractivity contribution in [1.82, 2.24) is 0 Å². The predicted molar refractivity (Wildman–Crippen MR) is 52.5 cm³/mol. The summed E-state index contributed by atoms with van der Waals surface area (Å²) in [5, 5.41) is 8.31. The monoisotopic (exact) mass is 223 g/mol. The van der Waals surface area contributed by atoms with Crippen LogP contribution in [0.25, 0.3) is 0 Å². The first-order chi connectivity index (χ1) is 5.61. The third kappa shape index (κ3) is 9.36. The van der Waals surface area contributed by atoms with Gasteiger partial charge in [0.15, 0.2) is 0 Å². The van der Waals surface area contributed by atoms with E-state index in [4.69, 9.17) is 5.11 Å². The maximum atomic E-state index is 10.7. The Morgan fingerprint density at radius 1 is 1.36 bits per heavy atom. The third-order valence-electron chi connectivity index (χ3n) is 1.18. The van der Waals surface area contributed by atoms with E-state index in [1.54, 1.807) is 0 Å². The molecule has 0 aromatic heterocycles. The van der Waals surface area contributed by atoms with Gasteiger partial charge in [-0.05, 0) is 0 Å². The second-order valence-corrected chi connectivity index (χ2v) is 3.53. The van der Waals surface area contributed by atoms with Gasteiger partial charge in [0.25, 0.3) is 6.35 Å². The minimum Gasteiger partial charge on any atom is -0.469 e. The Bertz CT molecular complexity index is 210. The minimum atomic E-state index is -2.22. The van der Waals surface area contributed by atoms with Crippen molar-refractivity contribution in [3.05, 3.63) is 0 Å². The zero-order chi connectivity index (χ0) is 9.56. The molecule has 1 atom stereocenters. The van der Waals surface area contributed by atoms with Crippen molar-refractivity contribution in [1.29, 1.82) is 0 Å². The molecule has 0 heterocycles. The summed E-state index contributed by atoms with van der Waals surface area (Å²) in [7, 11) is -1.01. The summed E-state index contributed by atoms with van der Waals surface area (Å²) < 4.78 is 14.9. The summed E-state index contributed by atoms with van der Waals surface area (Å²) in [6.07, 6.45) is -0.881. The second kappa shape index (κ2) is 11.9. The molecule has 2 radical (unpaired) electrons. The van der Waals surface area contributed by atoms with Gasteiger partial charge < -0.3 is 9.84 Å². The van der Waals surface area contributed by atoms with Gasteiger partial charge in [-0.2, -0.15) is 0 Å². The van der Waals surface area contributed by atoms with Crippen molar-refractivity contribution < 1.29 is 24.0 Å². The molecule has 0 aromatic rings. The molecular formula is C6H10LiNaO5P+. The summed E-state index contributed by atoms with van der Waals surface area (Å²) in [6, 6.07) is 0. The van der Waals surface area contributed by atoms with Crippen molar-refractivity contribution in [3.8, 4) is 0 Å². The van der Waals surface area contributed by atoms with E-state index < -0.39 is 25.6 Å². The van der Waals surface area contributed by atoms with Crippen molar-refractivity contribution in [2.24, 2.45) is 0 Å². The molecule has 1 N–H and O–H groups in total. The number of hydrogen-bond acceptors (Lipinski definition) is 5. The maximum Gasteiger partial charge on any atom is 0.442 e. The molecule has 0 saturated heterocycles. The quantitative estimate of drug-likeness (QED) is 0.385. The van der Waals surface area contributed by atoms with E-state index in [9.17, 15) is 14.2 Å². The van der Waals surface area contributed by atoms with Crippen LogP contribution in [-0.2, 0) is 18.9 Å². The van der Waals surface area contributed by atoms with Crippen molar-refractivity contribution >= 4 is 67.7 Å². The smallest absolute Gasteiger partial charge is 0.442 e. The molecule has 0 aliphatic rings. The Morgan fingerprint density at radius 3 is 2.21 bits per heavy atom. The summed E-state index contributed by atoms with van der Waals surface area (Å²) in [5.41, 5.74) is -0.599. The van der Waals surface area contributed by atoms with E-state index in [0.717, 1.165) is 0 Å². The first-order valence-electron chi connectivity index (χ1n) is 3.27. The average molecular weight is 223 g/mol. The van der Waals surface area contributed by atoms with Gasteiger partial charge in [-0.15, -0.1) is 0 Å². The number of aliphatic hydroxyl groups is 1. The first kappa shape index (κ1) is 20.2. The Hall–Kier alpha value is 0.797. The Morgan fingerprint density at radius 2 is 1.86 bits per heavy atom. The fourth-order valence-electron chi connectivity index (χ4n) is 0.515. The number of esters is 1. The molecule has 0 spiro atoms. The van der Waals surface area contributed by atoms with Crippen molar-refractivity contribution in [2.75, 3.05) is 13.5 Å². The molecule has 5 nitrogen and oxygen atoms in total. The molecule has 0 aliphatic carbocycles. The van der Waals surface area contributed by atoms with Gasteiger partial charge in [0.05, 0.1) is 20.0 Å². The molecule has 0 aliphatic heterocycles. The summed E-state index contributed by atoms with van der Waals surface area (Å²) in [4.78, 5) is 21.2. The molecule has 0 amide bonds. The molecule has 1 unspecified atom stereocenters. The van der Waals surface area contributed by atoms with Crippen LogP contribution in [0.4, 0.5) is 0 Å². The van der Waals surface area contributed by atoms with Crippen molar-refractivity contribution in [2.45, 2.75) is 12.8 Å². The fraction of sp³-hybridized carbons (Fsp3) is 0.667. The van der Waals surface area contributed by atoms with Gasteiger partial charge >= 0.3 is 19.3 Å². The molecule has 0 rings (SSSR count). The van der Waals surface area contributed by atoms with Gasteiger partial charge in [0.1, 0.15) is 0 Å². The van der Waals surface area contributed by atoms with E-state index in [1.807, 2.05) is 0 Å². The van der Waals surface area contributed by atoms with Gasteiger partial charge in [0.2, 0.25) is 0 Å². The van der Waals surface area contributed by atoms with Crippen LogP contribution in [0.2, 0.25) is 0 Å². The van der Waals surface area contributed by atoms with Crippen LogP contribution in [0.1, 0.15) is 12.8 Å². The molecular weight excluding hydrogens is 213 g/mol. The SMILES string of the molecule is COC(=O)CCC(=O)[P+](=O)CO.[Li].[Na]. The normalized spacial score (nSPS) is 9.14. The standard InChI is InChI=1S/C6H10O5P.Li.Na/c1-11-5(8)2-3-6(9)12(10)4-7;;/h7H,2-4H2,1H3;;/q+1;;.